The van der Waals surface area contributed by atoms with E-state index in [1.165, 1.54) is 7.11 Å². The Kier molecular flexibility index (Phi) is 24.5. The SMILES string of the molecule is CCC(C)CCCCC(=O)O[C@@H](C(C)C)[C@H](NC(=O)[C@@H](NC(=O)N[C@H](C(=O)O)C(C)C)[C@@H]1CCN=C(N)N1)C(=O)NCCCN[C@H](C(=O)O)[C@H](O[C@@H]1O[C@H](CN)[C@@H](O)[C@H]1OC)[C@H]1O[C@@H](n2ccc(=O)[nH]c2=O)[C@H](O)[C@@H]1O. The Morgan fingerprint density at radius 1 is 0.882 bits per heavy atom. The molecule has 0 saturated carbocycles. The Bertz CT molecular complexity index is 2250. The zero-order valence-electron chi connectivity index (χ0n) is 43.9. The van der Waals surface area contributed by atoms with Gasteiger partial charge in [0, 0.05) is 45.4 Å². The van der Waals surface area contributed by atoms with Crippen LogP contribution in [-0.2, 0) is 47.7 Å². The number of hydrogen-bond donors (Lipinski definition) is 14. The number of hydrogen-bond acceptors (Lipinski definition) is 21. The summed E-state index contributed by atoms with van der Waals surface area (Å²) in [6.07, 6.45) is -11.2. The number of carbonyl (C=O) groups is 6. The van der Waals surface area contributed by atoms with E-state index in [9.17, 15) is 63.9 Å². The third kappa shape index (κ3) is 17.1. The first kappa shape index (κ1) is 62.7. The third-order valence-corrected chi connectivity index (χ3v) is 13.5. The second-order valence-corrected chi connectivity index (χ2v) is 19.9. The average Bonchev–Trinajstić information content (AvgIpc) is 3.83. The van der Waals surface area contributed by atoms with Crippen molar-refractivity contribution in [1.29, 1.82) is 0 Å². The zero-order valence-corrected chi connectivity index (χ0v) is 43.9. The number of H-pyrrole nitrogens is 1. The minimum atomic E-state index is -1.93. The van der Waals surface area contributed by atoms with Crippen molar-refractivity contribution < 1.29 is 78.0 Å². The lowest BCUT2D eigenvalue weighted by molar-refractivity contribution is -0.231. The van der Waals surface area contributed by atoms with Gasteiger partial charge in [0.1, 0.15) is 73.0 Å². The first-order chi connectivity index (χ1) is 35.9. The molecule has 1 aromatic rings. The number of unbranched alkanes of at least 4 members (excludes halogenated alkanes) is 1. The van der Waals surface area contributed by atoms with Gasteiger partial charge in [-0.05, 0) is 43.6 Å². The molecule has 4 amide bonds. The van der Waals surface area contributed by atoms with Crippen molar-refractivity contribution in [1.82, 2.24) is 41.5 Å². The molecule has 0 bridgehead atoms. The molecule has 2 fully saturated rings. The number of methoxy groups -OCH3 is 1. The molecule has 0 aliphatic carbocycles. The summed E-state index contributed by atoms with van der Waals surface area (Å²) in [4.78, 5) is 111. The molecule has 4 heterocycles. The molecule has 0 spiro atoms. The van der Waals surface area contributed by atoms with Gasteiger partial charge in [-0.15, -0.1) is 0 Å². The summed E-state index contributed by atoms with van der Waals surface area (Å²) in [5.74, 6) is -6.07. The molecule has 2 saturated heterocycles. The Morgan fingerprint density at radius 2 is 1.58 bits per heavy atom. The van der Waals surface area contributed by atoms with Gasteiger partial charge in [-0.3, -0.25) is 38.5 Å². The van der Waals surface area contributed by atoms with Crippen molar-refractivity contribution in [3.8, 4) is 0 Å². The number of nitrogens with one attached hydrogen (secondary N) is 7. The summed E-state index contributed by atoms with van der Waals surface area (Å²) in [5, 5.41) is 69.5. The molecular formula is C47H79N11O18. The predicted octanol–water partition coefficient (Wildman–Crippen LogP) is -3.74. The molecule has 76 heavy (non-hydrogen) atoms. The molecule has 29 heteroatoms. The number of rotatable bonds is 30. The minimum absolute atomic E-state index is 0.0139. The number of aliphatic hydroxyl groups is 3. The normalized spacial score (nSPS) is 26.2. The molecule has 1 aromatic heterocycles. The van der Waals surface area contributed by atoms with E-state index >= 15 is 0 Å². The van der Waals surface area contributed by atoms with E-state index in [1.54, 1.807) is 27.7 Å². The monoisotopic (exact) mass is 1090 g/mol. The number of ether oxygens (including phenoxy) is 5. The number of aromatic nitrogens is 2. The van der Waals surface area contributed by atoms with E-state index in [2.05, 4.69) is 50.7 Å². The quantitative estimate of drug-likeness (QED) is 0.0260. The van der Waals surface area contributed by atoms with Gasteiger partial charge in [0.05, 0.1) is 6.04 Å². The van der Waals surface area contributed by atoms with Crippen LogP contribution >= 0.6 is 0 Å². The number of aromatic amines is 1. The lowest BCUT2D eigenvalue weighted by Gasteiger charge is -2.34. The average molecular weight is 1090 g/mol. The second-order valence-electron chi connectivity index (χ2n) is 19.9. The number of aliphatic hydroxyl groups excluding tert-OH is 3. The maximum atomic E-state index is 14.4. The Labute approximate surface area is 438 Å². The van der Waals surface area contributed by atoms with Crippen LogP contribution in [0, 0.1) is 17.8 Å². The van der Waals surface area contributed by atoms with Crippen LogP contribution in [0.15, 0.2) is 26.8 Å². The molecule has 4 rings (SSSR count). The van der Waals surface area contributed by atoms with Gasteiger partial charge in [0.15, 0.2) is 18.5 Å². The number of aliphatic carboxylic acids is 2. The Balaban J connectivity index is 1.59. The van der Waals surface area contributed by atoms with Crippen molar-refractivity contribution in [2.45, 2.75) is 178 Å². The van der Waals surface area contributed by atoms with E-state index in [0.29, 0.717) is 12.3 Å². The summed E-state index contributed by atoms with van der Waals surface area (Å²) in [5.41, 5.74) is 9.95. The predicted molar refractivity (Wildman–Crippen MR) is 268 cm³/mol. The van der Waals surface area contributed by atoms with E-state index in [4.69, 9.17) is 35.2 Å². The van der Waals surface area contributed by atoms with Gasteiger partial charge >= 0.3 is 29.6 Å². The van der Waals surface area contributed by atoms with E-state index in [0.717, 1.165) is 36.1 Å². The number of esters is 1. The fourth-order valence-corrected chi connectivity index (χ4v) is 8.96. The number of amides is 4. The van der Waals surface area contributed by atoms with Crippen molar-refractivity contribution in [3.05, 3.63) is 33.1 Å². The van der Waals surface area contributed by atoms with Crippen molar-refractivity contribution in [2.75, 3.05) is 33.3 Å². The summed E-state index contributed by atoms with van der Waals surface area (Å²) in [6, 6.07) is -7.25. The molecule has 3 aliphatic rings. The van der Waals surface area contributed by atoms with Gasteiger partial charge in [0.25, 0.3) is 5.56 Å². The molecule has 3 aliphatic heterocycles. The Hall–Kier alpha value is -5.79. The Morgan fingerprint density at radius 3 is 2.17 bits per heavy atom. The van der Waals surface area contributed by atoms with E-state index < -0.39 is 150 Å². The first-order valence-electron chi connectivity index (χ1n) is 25.6. The summed E-state index contributed by atoms with van der Waals surface area (Å²) in [6.45, 7) is 10.2. The van der Waals surface area contributed by atoms with Crippen molar-refractivity contribution in [3.63, 3.8) is 0 Å². The molecule has 1 unspecified atom stereocenters. The standard InChI is InChI=1S/C47H79N11O18/c1-8-23(6)12-9-10-13-27(60)74-35(22(4)5)30(55-40(65)29(24-14-18-52-45(49)53-24)57-46(70)56-28(21(2)3)42(66)67)39(64)51-17-11-16-50-31(43(68)69)36(76-44-38(72-7)32(61)25(20-48)73-44)37-33(62)34(63)41(75-37)58-19-15-26(59)54-47(58)71/h15,19,21-25,28-38,41,44,50,61-63H,8-14,16-18,20,48H2,1-7H3,(H,51,64)(H,55,65)(H,66,67)(H,68,69)(H3,49,52,53)(H,54,59,71)(H2,56,57,70)/t23?,24-,25+,28-,29-,30-,31-,32+,33-,34+,35-,36-,37-,38+,41+,44-/m0/s1. The van der Waals surface area contributed by atoms with Crippen LogP contribution in [0.5, 0.6) is 0 Å². The van der Waals surface area contributed by atoms with Crippen LogP contribution in [0.4, 0.5) is 4.79 Å². The molecule has 0 radical (unpaired) electrons. The highest BCUT2D eigenvalue weighted by molar-refractivity contribution is 5.94. The van der Waals surface area contributed by atoms with E-state index in [1.807, 2.05) is 4.98 Å². The number of carboxylic acid groups (broad SMARTS) is 2. The lowest BCUT2D eigenvalue weighted by atomic mass is 9.96. The maximum Gasteiger partial charge on any atom is 0.330 e. The number of nitrogens with zero attached hydrogens (tertiary/aromatic N) is 2. The largest absolute Gasteiger partial charge is 0.480 e. The highest BCUT2D eigenvalue weighted by Gasteiger charge is 2.54. The van der Waals surface area contributed by atoms with Gasteiger partial charge in [-0.2, -0.15) is 0 Å². The summed E-state index contributed by atoms with van der Waals surface area (Å²) in [7, 11) is 1.23. The second kappa shape index (κ2) is 29.7. The molecular weight excluding hydrogens is 1010 g/mol. The van der Waals surface area contributed by atoms with Gasteiger partial charge in [-0.25, -0.2) is 14.4 Å². The van der Waals surface area contributed by atoms with Crippen LogP contribution in [0.2, 0.25) is 0 Å². The van der Waals surface area contributed by atoms with Crippen LogP contribution < -0.4 is 54.6 Å². The molecule has 29 nitrogen and oxygen atoms in total. The van der Waals surface area contributed by atoms with Gasteiger partial charge < -0.3 is 92.6 Å². The fourth-order valence-electron chi connectivity index (χ4n) is 8.96. The van der Waals surface area contributed by atoms with Crippen LogP contribution in [0.25, 0.3) is 0 Å². The maximum absolute atomic E-state index is 14.4. The molecule has 16 atom stereocenters. The smallest absolute Gasteiger partial charge is 0.330 e. The van der Waals surface area contributed by atoms with Crippen LogP contribution in [0.3, 0.4) is 0 Å². The number of aliphatic imine (C=N–C) groups is 1. The van der Waals surface area contributed by atoms with Gasteiger partial charge in [0.2, 0.25) is 11.8 Å². The number of nitrogens with two attached hydrogens (primary N) is 2. The third-order valence-electron chi connectivity index (χ3n) is 13.5. The number of carboxylic acids is 2. The van der Waals surface area contributed by atoms with Gasteiger partial charge in [-0.1, -0.05) is 60.8 Å². The fraction of sp³-hybridized carbons (Fsp3) is 0.766. The molecule has 16 N–H and O–H groups in total. The summed E-state index contributed by atoms with van der Waals surface area (Å²) < 4.78 is 29.9. The topological polar surface area (TPSA) is 441 Å². The number of guanidine groups is 1. The first-order valence-corrected chi connectivity index (χ1v) is 25.6. The minimum Gasteiger partial charge on any atom is -0.480 e. The van der Waals surface area contributed by atoms with Crippen molar-refractivity contribution >= 4 is 41.7 Å². The van der Waals surface area contributed by atoms with Crippen LogP contribution in [-0.4, -0.2) is 195 Å². The highest BCUT2D eigenvalue weighted by atomic mass is 16.7. The highest BCUT2D eigenvalue weighted by Crippen LogP contribution is 2.35. The van der Waals surface area contributed by atoms with E-state index in [-0.39, 0.29) is 51.4 Å². The summed E-state index contributed by atoms with van der Waals surface area (Å²) >= 11 is 0. The lowest BCUT2D eigenvalue weighted by Crippen LogP contribution is -2.66. The van der Waals surface area contributed by atoms with Crippen LogP contribution in [0.1, 0.15) is 92.7 Å². The zero-order chi connectivity index (χ0) is 56.6. The number of carbonyl (C=O) groups excluding carboxylic acids is 4. The van der Waals surface area contributed by atoms with Crippen molar-refractivity contribution in [2.24, 2.45) is 34.2 Å². The number of urea groups is 1. The molecule has 430 valence electrons. The molecule has 0 aromatic carbocycles.